The van der Waals surface area contributed by atoms with Gasteiger partial charge in [0, 0.05) is 10.8 Å². The molecule has 1 amide bonds. The van der Waals surface area contributed by atoms with Gasteiger partial charge in [0.2, 0.25) is 5.82 Å². The van der Waals surface area contributed by atoms with E-state index in [2.05, 4.69) is 35.9 Å². The van der Waals surface area contributed by atoms with Gasteiger partial charge in [-0.15, -0.1) is 0 Å². The van der Waals surface area contributed by atoms with E-state index in [-0.39, 0.29) is 23.2 Å². The number of methoxy groups -OCH3 is 1. The Morgan fingerprint density at radius 3 is 2.50 bits per heavy atom. The van der Waals surface area contributed by atoms with E-state index in [9.17, 15) is 13.2 Å². The SMILES string of the molecule is COc1nc(Br)cnc1NS(=O)(=O)c1cccc2c(NC(=O)OCc3ccccc3)cccc12. The summed E-state index contributed by atoms with van der Waals surface area (Å²) in [5, 5.41) is 3.61. The van der Waals surface area contributed by atoms with Crippen LogP contribution in [0.1, 0.15) is 5.56 Å². The minimum Gasteiger partial charge on any atom is -0.478 e. The van der Waals surface area contributed by atoms with Crippen LogP contribution in [-0.2, 0) is 21.4 Å². The van der Waals surface area contributed by atoms with Gasteiger partial charge < -0.3 is 9.47 Å². The predicted molar refractivity (Wildman–Crippen MR) is 131 cm³/mol. The Balaban J connectivity index is 1.60. The molecule has 3 aromatic carbocycles. The molecule has 0 saturated heterocycles. The quantitative estimate of drug-likeness (QED) is 0.339. The largest absolute Gasteiger partial charge is 0.478 e. The molecular formula is C23H19BrN4O5S. The number of hydrogen-bond acceptors (Lipinski definition) is 7. The number of carbonyl (C=O) groups excluding carboxylic acids is 1. The number of benzene rings is 3. The van der Waals surface area contributed by atoms with Crippen LogP contribution in [-0.4, -0.2) is 31.6 Å². The molecule has 0 aliphatic carbocycles. The number of nitrogens with one attached hydrogen (secondary N) is 2. The molecule has 9 nitrogen and oxygen atoms in total. The van der Waals surface area contributed by atoms with Gasteiger partial charge in [0.1, 0.15) is 11.2 Å². The zero-order chi connectivity index (χ0) is 24.1. The van der Waals surface area contributed by atoms with E-state index in [0.717, 1.165) is 5.56 Å². The molecule has 0 unspecified atom stereocenters. The highest BCUT2D eigenvalue weighted by atomic mass is 79.9. The molecule has 0 aliphatic rings. The number of carbonyl (C=O) groups is 1. The van der Waals surface area contributed by atoms with Gasteiger partial charge in [-0.1, -0.05) is 54.6 Å². The van der Waals surface area contributed by atoms with Crippen LogP contribution in [0.4, 0.5) is 16.3 Å². The van der Waals surface area contributed by atoms with Gasteiger partial charge in [0.05, 0.1) is 23.9 Å². The highest BCUT2D eigenvalue weighted by molar-refractivity contribution is 9.10. The first kappa shape index (κ1) is 23.5. The van der Waals surface area contributed by atoms with Gasteiger partial charge in [0.25, 0.3) is 15.9 Å². The number of fused-ring (bicyclic) bond motifs is 1. The molecule has 1 heterocycles. The molecular weight excluding hydrogens is 524 g/mol. The molecule has 0 atom stereocenters. The van der Waals surface area contributed by atoms with Gasteiger partial charge in [0.15, 0.2) is 0 Å². The van der Waals surface area contributed by atoms with Crippen LogP contribution in [0.5, 0.6) is 5.88 Å². The maximum absolute atomic E-state index is 13.2. The highest BCUT2D eigenvalue weighted by Crippen LogP contribution is 2.31. The fraction of sp³-hybridized carbons (Fsp3) is 0.0870. The maximum Gasteiger partial charge on any atom is 0.411 e. The summed E-state index contributed by atoms with van der Waals surface area (Å²) in [6, 6.07) is 19.0. The van der Waals surface area contributed by atoms with Gasteiger partial charge >= 0.3 is 6.09 Å². The van der Waals surface area contributed by atoms with Gasteiger partial charge in [-0.3, -0.25) is 10.0 Å². The smallest absolute Gasteiger partial charge is 0.411 e. The molecule has 34 heavy (non-hydrogen) atoms. The Morgan fingerprint density at radius 1 is 1.00 bits per heavy atom. The molecule has 0 spiro atoms. The Kier molecular flexibility index (Phi) is 6.94. The summed E-state index contributed by atoms with van der Waals surface area (Å²) in [6.45, 7) is 0.108. The zero-order valence-corrected chi connectivity index (χ0v) is 20.3. The average molecular weight is 543 g/mol. The molecule has 2 N–H and O–H groups in total. The molecule has 174 valence electrons. The van der Waals surface area contributed by atoms with Crippen LogP contribution in [0.3, 0.4) is 0 Å². The van der Waals surface area contributed by atoms with Crippen molar-refractivity contribution >= 4 is 54.3 Å². The van der Waals surface area contributed by atoms with Crippen LogP contribution in [0.25, 0.3) is 10.8 Å². The van der Waals surface area contributed by atoms with Gasteiger partial charge in [-0.25, -0.2) is 23.2 Å². The van der Waals surface area contributed by atoms with Crippen LogP contribution >= 0.6 is 15.9 Å². The third-order valence-corrected chi connectivity index (χ3v) is 6.54. The lowest BCUT2D eigenvalue weighted by Crippen LogP contribution is -2.16. The normalized spacial score (nSPS) is 11.1. The molecule has 0 radical (unpaired) electrons. The van der Waals surface area contributed by atoms with E-state index in [0.29, 0.717) is 21.1 Å². The minimum atomic E-state index is -4.07. The van der Waals surface area contributed by atoms with Crippen LogP contribution < -0.4 is 14.8 Å². The van der Waals surface area contributed by atoms with E-state index in [1.54, 1.807) is 30.3 Å². The zero-order valence-electron chi connectivity index (χ0n) is 17.9. The lowest BCUT2D eigenvalue weighted by atomic mass is 10.1. The summed E-state index contributed by atoms with van der Waals surface area (Å²) < 4.78 is 39.6. The second-order valence-electron chi connectivity index (χ2n) is 7.00. The second-order valence-corrected chi connectivity index (χ2v) is 9.46. The maximum atomic E-state index is 13.2. The summed E-state index contributed by atoms with van der Waals surface area (Å²) in [4.78, 5) is 20.5. The van der Waals surface area contributed by atoms with Crippen molar-refractivity contribution in [3.8, 4) is 5.88 Å². The van der Waals surface area contributed by atoms with Crippen LogP contribution in [0.2, 0.25) is 0 Å². The van der Waals surface area contributed by atoms with E-state index in [1.807, 2.05) is 30.3 Å². The summed E-state index contributed by atoms with van der Waals surface area (Å²) >= 11 is 3.17. The predicted octanol–water partition coefficient (Wildman–Crippen LogP) is 4.95. The van der Waals surface area contributed by atoms with Crippen molar-refractivity contribution in [2.45, 2.75) is 11.5 Å². The van der Waals surface area contributed by atoms with Crippen molar-refractivity contribution in [1.82, 2.24) is 9.97 Å². The van der Waals surface area contributed by atoms with E-state index < -0.39 is 16.1 Å². The molecule has 11 heteroatoms. The topological polar surface area (TPSA) is 120 Å². The van der Waals surface area contributed by atoms with Crippen molar-refractivity contribution in [2.24, 2.45) is 0 Å². The minimum absolute atomic E-state index is 0.00178. The second kappa shape index (κ2) is 10.1. The summed E-state index contributed by atoms with van der Waals surface area (Å²) in [5.74, 6) is -0.0387. The van der Waals surface area contributed by atoms with E-state index in [1.165, 1.54) is 19.4 Å². The monoisotopic (exact) mass is 542 g/mol. The first-order valence-electron chi connectivity index (χ1n) is 9.96. The van der Waals surface area contributed by atoms with Crippen LogP contribution in [0.15, 0.2) is 82.4 Å². The highest BCUT2D eigenvalue weighted by Gasteiger charge is 2.22. The summed E-state index contributed by atoms with van der Waals surface area (Å²) in [7, 11) is -2.71. The van der Waals surface area contributed by atoms with Crippen molar-refractivity contribution < 1.29 is 22.7 Å². The molecule has 4 rings (SSSR count). The molecule has 0 bridgehead atoms. The molecule has 1 aromatic heterocycles. The molecule has 0 saturated carbocycles. The number of nitrogens with zero attached hydrogens (tertiary/aromatic N) is 2. The Bertz CT molecular complexity index is 1450. The number of ether oxygens (including phenoxy) is 2. The number of rotatable bonds is 7. The number of sulfonamides is 1. The first-order chi connectivity index (χ1) is 16.4. The fourth-order valence-corrected chi connectivity index (χ4v) is 4.73. The molecule has 4 aromatic rings. The number of aromatic nitrogens is 2. The van der Waals surface area contributed by atoms with Crippen molar-refractivity contribution in [3.05, 3.63) is 83.1 Å². The van der Waals surface area contributed by atoms with Gasteiger partial charge in [-0.05, 0) is 33.6 Å². The van der Waals surface area contributed by atoms with Crippen molar-refractivity contribution in [1.29, 1.82) is 0 Å². The third-order valence-electron chi connectivity index (χ3n) is 4.76. The Morgan fingerprint density at radius 2 is 1.74 bits per heavy atom. The van der Waals surface area contributed by atoms with E-state index >= 15 is 0 Å². The third kappa shape index (κ3) is 5.26. The average Bonchev–Trinajstić information content (AvgIpc) is 2.84. The lowest BCUT2D eigenvalue weighted by Gasteiger charge is -2.14. The Hall–Kier alpha value is -3.70. The summed E-state index contributed by atoms with van der Waals surface area (Å²) in [6.07, 6.45) is 0.699. The Labute approximate surface area is 204 Å². The lowest BCUT2D eigenvalue weighted by molar-refractivity contribution is 0.155. The standard InChI is InChI=1S/C23H19BrN4O5S/c1-32-22-21(25-13-20(24)27-22)28-34(30,31)19-12-6-9-16-17(19)10-5-11-18(16)26-23(29)33-14-15-7-3-2-4-8-15/h2-13H,14H2,1H3,(H,25,28)(H,26,29). The van der Waals surface area contributed by atoms with Gasteiger partial charge in [-0.2, -0.15) is 0 Å². The number of hydrogen-bond donors (Lipinski definition) is 2. The molecule has 0 fully saturated rings. The fourth-order valence-electron chi connectivity index (χ4n) is 3.24. The van der Waals surface area contributed by atoms with Crippen molar-refractivity contribution in [2.75, 3.05) is 17.1 Å². The van der Waals surface area contributed by atoms with E-state index in [4.69, 9.17) is 9.47 Å². The number of halogens is 1. The van der Waals surface area contributed by atoms with Crippen molar-refractivity contribution in [3.63, 3.8) is 0 Å². The van der Waals surface area contributed by atoms with Crippen LogP contribution in [0, 0.1) is 0 Å². The molecule has 0 aliphatic heterocycles. The first-order valence-corrected chi connectivity index (χ1v) is 12.2. The number of amides is 1. The summed E-state index contributed by atoms with van der Waals surface area (Å²) in [5.41, 5.74) is 1.26. The number of anilines is 2.